The van der Waals surface area contributed by atoms with Gasteiger partial charge in [-0.15, -0.1) is 11.3 Å². The van der Waals surface area contributed by atoms with E-state index in [2.05, 4.69) is 5.10 Å². The number of carbonyl (C=O) groups excluding carboxylic acids is 1. The van der Waals surface area contributed by atoms with Gasteiger partial charge in [-0.25, -0.2) is 0 Å². The van der Waals surface area contributed by atoms with Crippen LogP contribution in [0.25, 0.3) is 0 Å². The third-order valence-electron chi connectivity index (χ3n) is 6.61. The Morgan fingerprint density at radius 3 is 2.50 bits per heavy atom. The summed E-state index contributed by atoms with van der Waals surface area (Å²) in [5.41, 5.74) is 8.23. The van der Waals surface area contributed by atoms with Gasteiger partial charge in [-0.2, -0.15) is 26.8 Å². The number of thiophene rings is 1. The summed E-state index contributed by atoms with van der Waals surface area (Å²) in [5.74, 6) is -0.149. The lowest BCUT2D eigenvalue weighted by Gasteiger charge is -2.23. The topological polar surface area (TPSA) is 131 Å². The number of rotatable bonds is 8. The molecule has 2 aliphatic heterocycles. The lowest BCUT2D eigenvalue weighted by Crippen LogP contribution is -2.41. The van der Waals surface area contributed by atoms with Crippen molar-refractivity contribution in [1.82, 2.24) is 18.4 Å². The molecule has 2 saturated heterocycles. The normalized spacial score (nSPS) is 21.3. The average Bonchev–Trinajstić information content (AvgIpc) is 3.68. The Morgan fingerprint density at radius 1 is 1.11 bits per heavy atom. The van der Waals surface area contributed by atoms with Crippen molar-refractivity contribution in [1.29, 1.82) is 0 Å². The molecule has 0 aliphatic carbocycles. The highest BCUT2D eigenvalue weighted by molar-refractivity contribution is 7.86. The molecule has 2 unspecified atom stereocenters. The Morgan fingerprint density at radius 2 is 1.83 bits per heavy atom. The molecule has 5 rings (SSSR count). The molecule has 12 heteroatoms. The molecular formula is C24H29N5O5S2. The molecule has 2 aliphatic rings. The minimum absolute atomic E-state index is 0.123. The van der Waals surface area contributed by atoms with Gasteiger partial charge in [0, 0.05) is 44.7 Å². The van der Waals surface area contributed by atoms with Crippen molar-refractivity contribution < 1.29 is 23.1 Å². The molecule has 2 atom stereocenters. The van der Waals surface area contributed by atoms with Crippen LogP contribution in [0, 0.1) is 0 Å². The number of benzene rings is 1. The van der Waals surface area contributed by atoms with E-state index in [9.17, 15) is 18.3 Å². The molecule has 0 radical (unpaired) electrons. The summed E-state index contributed by atoms with van der Waals surface area (Å²) in [7, 11) is -3.65. The molecule has 192 valence electrons. The van der Waals surface area contributed by atoms with Crippen LogP contribution in [0.2, 0.25) is 0 Å². The Labute approximate surface area is 214 Å². The Balaban J connectivity index is 1.35. The quantitative estimate of drug-likeness (QED) is 0.453. The van der Waals surface area contributed by atoms with E-state index >= 15 is 0 Å². The molecule has 36 heavy (non-hydrogen) atoms. The molecule has 2 fully saturated rings. The van der Waals surface area contributed by atoms with Gasteiger partial charge in [0.15, 0.2) is 0 Å². The van der Waals surface area contributed by atoms with Crippen LogP contribution in [0.1, 0.15) is 45.3 Å². The number of hydrogen-bond acceptors (Lipinski definition) is 8. The number of β-amino-alcohol motifs (C(OH)–C–C–N with tert-alkyl or cyclic N) is 1. The maximum Gasteiger partial charge on any atom is 0.291 e. The van der Waals surface area contributed by atoms with Gasteiger partial charge in [-0.3, -0.25) is 4.79 Å². The van der Waals surface area contributed by atoms with Crippen LogP contribution in [0.4, 0.5) is 0 Å². The van der Waals surface area contributed by atoms with Gasteiger partial charge in [-0.1, -0.05) is 30.3 Å². The molecule has 0 amide bonds. The van der Waals surface area contributed by atoms with Crippen molar-refractivity contribution in [3.63, 3.8) is 0 Å². The maximum atomic E-state index is 13.2. The van der Waals surface area contributed by atoms with Gasteiger partial charge >= 0.3 is 0 Å². The van der Waals surface area contributed by atoms with Crippen LogP contribution < -0.4 is 10.5 Å². The lowest BCUT2D eigenvalue weighted by atomic mass is 10.1. The van der Waals surface area contributed by atoms with Crippen LogP contribution in [-0.2, 0) is 23.4 Å². The average molecular weight is 532 g/mol. The van der Waals surface area contributed by atoms with E-state index < -0.39 is 16.3 Å². The van der Waals surface area contributed by atoms with Gasteiger partial charge in [0.25, 0.3) is 16.1 Å². The Bertz CT molecular complexity index is 1310. The second-order valence-corrected chi connectivity index (χ2v) is 11.9. The number of carbonyl (C=O) groups is 1. The van der Waals surface area contributed by atoms with Crippen molar-refractivity contribution in [2.75, 3.05) is 26.2 Å². The van der Waals surface area contributed by atoms with E-state index in [1.54, 1.807) is 18.2 Å². The lowest BCUT2D eigenvalue weighted by molar-refractivity contribution is 0.0931. The number of ether oxygens (including phenoxy) is 1. The van der Waals surface area contributed by atoms with Crippen molar-refractivity contribution >= 4 is 27.5 Å². The fourth-order valence-electron chi connectivity index (χ4n) is 4.53. The molecule has 0 saturated carbocycles. The Kier molecular flexibility index (Phi) is 7.24. The second kappa shape index (κ2) is 10.4. The zero-order valence-corrected chi connectivity index (χ0v) is 21.3. The Hall–Kier alpha value is -2.61. The van der Waals surface area contributed by atoms with E-state index in [4.69, 9.17) is 10.5 Å². The number of aromatic nitrogens is 2. The van der Waals surface area contributed by atoms with Crippen molar-refractivity contribution in [3.8, 4) is 5.88 Å². The zero-order chi connectivity index (χ0) is 25.3. The number of aliphatic hydroxyl groups excluding tert-OH is 1. The first kappa shape index (κ1) is 25.1. The summed E-state index contributed by atoms with van der Waals surface area (Å²) in [6.45, 7) is 1.76. The molecule has 2 aromatic heterocycles. The second-order valence-electron chi connectivity index (χ2n) is 9.06. The molecule has 0 spiro atoms. The van der Waals surface area contributed by atoms with E-state index in [0.29, 0.717) is 48.9 Å². The van der Waals surface area contributed by atoms with Crippen LogP contribution >= 0.6 is 11.3 Å². The standard InChI is InChI=1S/C24H29N5O5S2/c25-13-17-3-5-18(6-4-17)16-34-23-12-21(26-29(23)24(31)22-2-1-11-35-22)19-7-9-27(14-19)36(32,33)28-10-8-20(30)15-28/h1-6,11-12,19-20,30H,7-10,13-16,25H2. The highest BCUT2D eigenvalue weighted by atomic mass is 32.2. The molecule has 3 aromatic rings. The van der Waals surface area contributed by atoms with Crippen molar-refractivity contribution in [2.45, 2.75) is 38.0 Å². The van der Waals surface area contributed by atoms with E-state index in [1.807, 2.05) is 29.6 Å². The van der Waals surface area contributed by atoms with Gasteiger partial charge < -0.3 is 15.6 Å². The summed E-state index contributed by atoms with van der Waals surface area (Å²) >= 11 is 1.32. The van der Waals surface area contributed by atoms with Gasteiger partial charge in [0.05, 0.1) is 16.7 Å². The van der Waals surface area contributed by atoms with Crippen LogP contribution in [0.15, 0.2) is 47.8 Å². The number of aliphatic hydroxyl groups is 1. The summed E-state index contributed by atoms with van der Waals surface area (Å²) in [5, 5.41) is 16.2. The smallest absolute Gasteiger partial charge is 0.291 e. The van der Waals surface area contributed by atoms with Gasteiger partial charge in [0.1, 0.15) is 6.61 Å². The first-order chi connectivity index (χ1) is 17.3. The third-order valence-corrected chi connectivity index (χ3v) is 9.44. The highest BCUT2D eigenvalue weighted by Crippen LogP contribution is 2.32. The minimum atomic E-state index is -3.65. The SMILES string of the molecule is NCc1ccc(COc2cc(C3CCN(S(=O)(=O)N4CCC(O)C4)C3)nn2C(=O)c2cccs2)cc1. The van der Waals surface area contributed by atoms with Crippen molar-refractivity contribution in [3.05, 3.63) is 69.5 Å². The van der Waals surface area contributed by atoms with E-state index in [1.165, 1.54) is 24.6 Å². The highest BCUT2D eigenvalue weighted by Gasteiger charge is 2.40. The first-order valence-corrected chi connectivity index (χ1v) is 14.1. The van der Waals surface area contributed by atoms with Crippen molar-refractivity contribution in [2.24, 2.45) is 5.73 Å². The van der Waals surface area contributed by atoms with E-state index in [0.717, 1.165) is 11.1 Å². The molecule has 3 N–H and O–H groups in total. The predicted molar refractivity (Wildman–Crippen MR) is 135 cm³/mol. The molecule has 1 aromatic carbocycles. The summed E-state index contributed by atoms with van der Waals surface area (Å²) in [6.07, 6.45) is 0.407. The van der Waals surface area contributed by atoms with Crippen LogP contribution in [0.5, 0.6) is 5.88 Å². The molecule has 4 heterocycles. The predicted octanol–water partition coefficient (Wildman–Crippen LogP) is 1.77. The number of nitrogens with zero attached hydrogens (tertiary/aromatic N) is 4. The van der Waals surface area contributed by atoms with Crippen LogP contribution in [-0.4, -0.2) is 70.1 Å². The zero-order valence-electron chi connectivity index (χ0n) is 19.7. The number of nitrogens with two attached hydrogens (primary N) is 1. The van der Waals surface area contributed by atoms with Crippen LogP contribution in [0.3, 0.4) is 0 Å². The monoisotopic (exact) mass is 531 g/mol. The van der Waals surface area contributed by atoms with Gasteiger partial charge in [-0.05, 0) is 35.4 Å². The molecule has 10 nitrogen and oxygen atoms in total. The summed E-state index contributed by atoms with van der Waals surface area (Å²) in [6, 6.07) is 13.0. The third kappa shape index (κ3) is 5.10. The first-order valence-electron chi connectivity index (χ1n) is 11.9. The fourth-order valence-corrected chi connectivity index (χ4v) is 6.90. The largest absolute Gasteiger partial charge is 0.473 e. The fraction of sp³-hybridized carbons (Fsp3) is 0.417. The van der Waals surface area contributed by atoms with Gasteiger partial charge in [0.2, 0.25) is 5.88 Å². The molecule has 0 bridgehead atoms. The maximum absolute atomic E-state index is 13.2. The minimum Gasteiger partial charge on any atom is -0.473 e. The number of hydrogen-bond donors (Lipinski definition) is 2. The van der Waals surface area contributed by atoms with E-state index in [-0.39, 0.29) is 31.5 Å². The summed E-state index contributed by atoms with van der Waals surface area (Å²) < 4.78 is 36.1. The summed E-state index contributed by atoms with van der Waals surface area (Å²) in [4.78, 5) is 13.7. The molecular weight excluding hydrogens is 502 g/mol.